The summed E-state index contributed by atoms with van der Waals surface area (Å²) in [5.74, 6) is 1.51. The summed E-state index contributed by atoms with van der Waals surface area (Å²) in [6.07, 6.45) is 0. The van der Waals surface area contributed by atoms with Crippen LogP contribution in [0.5, 0.6) is 11.5 Å². The third-order valence-electron chi connectivity index (χ3n) is 5.61. The van der Waals surface area contributed by atoms with Crippen LogP contribution < -0.4 is 9.47 Å². The molecule has 1 aliphatic heterocycles. The van der Waals surface area contributed by atoms with Crippen molar-refractivity contribution in [2.75, 3.05) is 54.0 Å². The number of hydrogen-bond acceptors (Lipinski definition) is 5. The molecule has 1 saturated heterocycles. The molecule has 1 fully saturated rings. The SMILES string of the molecule is COc1ccc(CN(C)C(=O)CN2CCN(Cc3cccc(C)c3)CC2)cc1OC. The summed E-state index contributed by atoms with van der Waals surface area (Å²) in [6.45, 7) is 7.92. The van der Waals surface area contributed by atoms with E-state index in [0.29, 0.717) is 24.6 Å². The van der Waals surface area contributed by atoms with E-state index in [-0.39, 0.29) is 5.91 Å². The topological polar surface area (TPSA) is 45.2 Å². The third kappa shape index (κ3) is 5.97. The molecule has 0 aliphatic carbocycles. The van der Waals surface area contributed by atoms with Crippen LogP contribution in [0, 0.1) is 6.92 Å². The average molecular weight is 412 g/mol. The van der Waals surface area contributed by atoms with Gasteiger partial charge in [-0.15, -0.1) is 0 Å². The Labute approximate surface area is 180 Å². The molecule has 0 unspecified atom stereocenters. The summed E-state index contributed by atoms with van der Waals surface area (Å²) < 4.78 is 10.6. The highest BCUT2D eigenvalue weighted by atomic mass is 16.5. The van der Waals surface area contributed by atoms with Gasteiger partial charge in [0.15, 0.2) is 11.5 Å². The highest BCUT2D eigenvalue weighted by molar-refractivity contribution is 5.78. The zero-order valence-corrected chi connectivity index (χ0v) is 18.6. The number of hydrogen-bond donors (Lipinski definition) is 0. The molecule has 0 atom stereocenters. The van der Waals surface area contributed by atoms with Crippen LogP contribution in [0.4, 0.5) is 0 Å². The van der Waals surface area contributed by atoms with Crippen molar-refractivity contribution in [3.63, 3.8) is 0 Å². The van der Waals surface area contributed by atoms with E-state index in [1.54, 1.807) is 19.1 Å². The molecule has 162 valence electrons. The maximum atomic E-state index is 12.7. The van der Waals surface area contributed by atoms with Crippen LogP contribution in [0.3, 0.4) is 0 Å². The van der Waals surface area contributed by atoms with Gasteiger partial charge in [-0.2, -0.15) is 0 Å². The van der Waals surface area contributed by atoms with Crippen LogP contribution in [0.25, 0.3) is 0 Å². The second-order valence-corrected chi connectivity index (χ2v) is 7.98. The number of aryl methyl sites for hydroxylation is 1. The Balaban J connectivity index is 1.46. The van der Waals surface area contributed by atoms with Gasteiger partial charge in [-0.25, -0.2) is 0 Å². The van der Waals surface area contributed by atoms with Gasteiger partial charge in [0.1, 0.15) is 0 Å². The van der Waals surface area contributed by atoms with E-state index in [4.69, 9.17) is 9.47 Å². The molecule has 2 aromatic rings. The van der Waals surface area contributed by atoms with E-state index in [0.717, 1.165) is 38.3 Å². The van der Waals surface area contributed by atoms with E-state index < -0.39 is 0 Å². The Kier molecular flexibility index (Phi) is 7.71. The number of nitrogens with zero attached hydrogens (tertiary/aromatic N) is 3. The van der Waals surface area contributed by atoms with Crippen LogP contribution in [0.2, 0.25) is 0 Å². The number of carbonyl (C=O) groups is 1. The molecule has 3 rings (SSSR count). The Morgan fingerprint density at radius 1 is 0.933 bits per heavy atom. The maximum Gasteiger partial charge on any atom is 0.236 e. The normalized spacial score (nSPS) is 15.1. The molecule has 1 heterocycles. The lowest BCUT2D eigenvalue weighted by molar-refractivity contribution is -0.132. The molecule has 0 N–H and O–H groups in total. The van der Waals surface area contributed by atoms with E-state index in [1.165, 1.54) is 11.1 Å². The third-order valence-corrected chi connectivity index (χ3v) is 5.61. The maximum absolute atomic E-state index is 12.7. The second-order valence-electron chi connectivity index (χ2n) is 7.98. The summed E-state index contributed by atoms with van der Waals surface area (Å²) in [6, 6.07) is 14.5. The van der Waals surface area contributed by atoms with Crippen molar-refractivity contribution in [1.29, 1.82) is 0 Å². The lowest BCUT2D eigenvalue weighted by Crippen LogP contribution is -2.49. The number of benzene rings is 2. The summed E-state index contributed by atoms with van der Waals surface area (Å²) in [4.78, 5) is 19.2. The summed E-state index contributed by atoms with van der Waals surface area (Å²) >= 11 is 0. The summed E-state index contributed by atoms with van der Waals surface area (Å²) in [5, 5.41) is 0. The van der Waals surface area contributed by atoms with Crippen LogP contribution in [-0.2, 0) is 17.9 Å². The predicted molar refractivity (Wildman–Crippen MR) is 119 cm³/mol. The first-order valence-electron chi connectivity index (χ1n) is 10.4. The van der Waals surface area contributed by atoms with Crippen LogP contribution in [0.1, 0.15) is 16.7 Å². The molecular weight excluding hydrogens is 378 g/mol. The highest BCUT2D eigenvalue weighted by Crippen LogP contribution is 2.28. The van der Waals surface area contributed by atoms with Crippen molar-refractivity contribution in [2.24, 2.45) is 0 Å². The first-order valence-corrected chi connectivity index (χ1v) is 10.4. The van der Waals surface area contributed by atoms with Crippen molar-refractivity contribution >= 4 is 5.91 Å². The van der Waals surface area contributed by atoms with Gasteiger partial charge < -0.3 is 14.4 Å². The molecule has 6 nitrogen and oxygen atoms in total. The molecule has 2 aromatic carbocycles. The summed E-state index contributed by atoms with van der Waals surface area (Å²) in [7, 11) is 5.09. The van der Waals surface area contributed by atoms with Gasteiger partial charge in [0.2, 0.25) is 5.91 Å². The van der Waals surface area contributed by atoms with E-state index >= 15 is 0 Å². The zero-order chi connectivity index (χ0) is 21.5. The van der Waals surface area contributed by atoms with Crippen molar-refractivity contribution in [2.45, 2.75) is 20.0 Å². The van der Waals surface area contributed by atoms with Gasteiger partial charge in [-0.3, -0.25) is 14.6 Å². The predicted octanol–water partition coefficient (Wildman–Crippen LogP) is 2.79. The molecular formula is C24H33N3O3. The lowest BCUT2D eigenvalue weighted by Gasteiger charge is -2.35. The molecule has 1 amide bonds. The minimum atomic E-state index is 0.136. The molecule has 1 aliphatic rings. The highest BCUT2D eigenvalue weighted by Gasteiger charge is 2.21. The van der Waals surface area contributed by atoms with Crippen LogP contribution in [-0.4, -0.2) is 74.6 Å². The number of likely N-dealkylation sites (N-methyl/N-ethyl adjacent to an activating group) is 1. The van der Waals surface area contributed by atoms with Crippen molar-refractivity contribution in [3.8, 4) is 11.5 Å². The smallest absolute Gasteiger partial charge is 0.236 e. The standard InChI is InChI=1S/C24H33N3O3/c1-19-6-5-7-20(14-19)17-26-10-12-27(13-11-26)18-24(28)25(2)16-21-8-9-22(29-3)23(15-21)30-4/h5-9,14-15H,10-13,16-18H2,1-4H3. The van der Waals surface area contributed by atoms with Gasteiger partial charge in [-0.05, 0) is 30.2 Å². The van der Waals surface area contributed by atoms with Crippen LogP contribution >= 0.6 is 0 Å². The quantitative estimate of drug-likeness (QED) is 0.668. The zero-order valence-electron chi connectivity index (χ0n) is 18.6. The molecule has 0 aromatic heterocycles. The van der Waals surface area contributed by atoms with Gasteiger partial charge >= 0.3 is 0 Å². The van der Waals surface area contributed by atoms with Crippen molar-refractivity contribution in [1.82, 2.24) is 14.7 Å². The first kappa shape index (κ1) is 22.1. The molecule has 0 saturated carbocycles. The fraction of sp³-hybridized carbons (Fsp3) is 0.458. The second kappa shape index (κ2) is 10.5. The molecule has 0 bridgehead atoms. The lowest BCUT2D eigenvalue weighted by atomic mass is 10.1. The fourth-order valence-electron chi connectivity index (χ4n) is 3.83. The Bertz CT molecular complexity index is 847. The van der Waals surface area contributed by atoms with Gasteiger partial charge in [0.25, 0.3) is 0 Å². The minimum Gasteiger partial charge on any atom is -0.493 e. The van der Waals surface area contributed by atoms with Gasteiger partial charge in [-0.1, -0.05) is 35.9 Å². The molecule has 6 heteroatoms. The Morgan fingerprint density at radius 3 is 2.30 bits per heavy atom. The number of carbonyl (C=O) groups excluding carboxylic acids is 1. The average Bonchev–Trinajstić information content (AvgIpc) is 2.75. The fourth-order valence-corrected chi connectivity index (χ4v) is 3.83. The number of ether oxygens (including phenoxy) is 2. The monoisotopic (exact) mass is 411 g/mol. The Morgan fingerprint density at radius 2 is 1.63 bits per heavy atom. The van der Waals surface area contributed by atoms with Crippen LogP contribution in [0.15, 0.2) is 42.5 Å². The van der Waals surface area contributed by atoms with Crippen molar-refractivity contribution in [3.05, 3.63) is 59.2 Å². The molecule has 0 radical (unpaired) electrons. The molecule has 0 spiro atoms. The molecule has 30 heavy (non-hydrogen) atoms. The van der Waals surface area contributed by atoms with E-state index in [9.17, 15) is 4.79 Å². The number of piperazine rings is 1. The Hall–Kier alpha value is -2.57. The number of methoxy groups -OCH3 is 2. The first-order chi connectivity index (χ1) is 14.5. The summed E-state index contributed by atoms with van der Waals surface area (Å²) in [5.41, 5.74) is 3.68. The van der Waals surface area contributed by atoms with Gasteiger partial charge in [0.05, 0.1) is 20.8 Å². The van der Waals surface area contributed by atoms with Gasteiger partial charge in [0, 0.05) is 46.3 Å². The largest absolute Gasteiger partial charge is 0.493 e. The minimum absolute atomic E-state index is 0.136. The van der Waals surface area contributed by atoms with E-state index in [2.05, 4.69) is 41.0 Å². The number of rotatable bonds is 8. The number of amides is 1. The van der Waals surface area contributed by atoms with E-state index in [1.807, 2.05) is 25.2 Å². The van der Waals surface area contributed by atoms with Crippen molar-refractivity contribution < 1.29 is 14.3 Å².